The van der Waals surface area contributed by atoms with Crippen LogP contribution < -0.4 is 9.62 Å². The number of benzene rings is 2. The Morgan fingerprint density at radius 1 is 1.03 bits per heavy atom. The van der Waals surface area contributed by atoms with Gasteiger partial charge in [0.2, 0.25) is 10.0 Å². The van der Waals surface area contributed by atoms with Gasteiger partial charge in [-0.25, -0.2) is 17.9 Å². The SMILES string of the molecule is CC(C)(C)NS(=O)(=O)c1cc(C#Cc2cccc(N(C(=O)O)C(C)(C)C)c2)cc([N+](=O)[O-])c1. The summed E-state index contributed by atoms with van der Waals surface area (Å²) in [6.45, 7) is 10.3. The molecule has 0 aliphatic heterocycles. The van der Waals surface area contributed by atoms with Crippen molar-refractivity contribution in [3.05, 3.63) is 63.7 Å². The van der Waals surface area contributed by atoms with Gasteiger partial charge in [-0.2, -0.15) is 0 Å². The summed E-state index contributed by atoms with van der Waals surface area (Å²) in [5, 5.41) is 20.9. The minimum absolute atomic E-state index is 0.134. The smallest absolute Gasteiger partial charge is 0.412 e. The van der Waals surface area contributed by atoms with Crippen molar-refractivity contribution in [2.45, 2.75) is 57.5 Å². The summed E-state index contributed by atoms with van der Waals surface area (Å²) in [5.41, 5.74) is -0.866. The fourth-order valence-corrected chi connectivity index (χ4v) is 4.51. The van der Waals surface area contributed by atoms with E-state index in [9.17, 15) is 28.4 Å². The number of sulfonamides is 1. The van der Waals surface area contributed by atoms with Gasteiger partial charge in [0.15, 0.2) is 0 Å². The Morgan fingerprint density at radius 3 is 2.15 bits per heavy atom. The van der Waals surface area contributed by atoms with Gasteiger partial charge in [-0.1, -0.05) is 17.9 Å². The van der Waals surface area contributed by atoms with E-state index in [4.69, 9.17) is 0 Å². The highest BCUT2D eigenvalue weighted by Gasteiger charge is 2.28. The molecule has 0 bridgehead atoms. The van der Waals surface area contributed by atoms with Crippen LogP contribution in [0.15, 0.2) is 47.4 Å². The lowest BCUT2D eigenvalue weighted by molar-refractivity contribution is -0.385. The molecule has 2 N–H and O–H groups in total. The monoisotopic (exact) mass is 473 g/mol. The summed E-state index contributed by atoms with van der Waals surface area (Å²) in [5.74, 6) is 5.59. The highest BCUT2D eigenvalue weighted by atomic mass is 32.2. The molecule has 0 saturated carbocycles. The topological polar surface area (TPSA) is 130 Å². The summed E-state index contributed by atoms with van der Waals surface area (Å²) in [4.78, 5) is 23.3. The number of non-ortho nitro benzene ring substituents is 1. The van der Waals surface area contributed by atoms with Gasteiger partial charge in [0.25, 0.3) is 5.69 Å². The van der Waals surface area contributed by atoms with E-state index in [2.05, 4.69) is 16.6 Å². The molecule has 0 heterocycles. The Morgan fingerprint density at radius 2 is 1.64 bits per heavy atom. The quantitative estimate of drug-likeness (QED) is 0.386. The molecule has 2 aromatic rings. The number of rotatable bonds is 4. The van der Waals surface area contributed by atoms with Gasteiger partial charge in [-0.05, 0) is 65.8 Å². The van der Waals surface area contributed by atoms with Gasteiger partial charge in [-0.3, -0.25) is 15.0 Å². The number of hydrogen-bond acceptors (Lipinski definition) is 5. The maximum atomic E-state index is 12.7. The first-order valence-corrected chi connectivity index (χ1v) is 11.5. The number of nitrogens with zero attached hydrogens (tertiary/aromatic N) is 2. The van der Waals surface area contributed by atoms with Crippen molar-refractivity contribution < 1.29 is 23.2 Å². The van der Waals surface area contributed by atoms with E-state index in [0.29, 0.717) is 11.3 Å². The number of nitrogens with one attached hydrogen (secondary N) is 1. The van der Waals surface area contributed by atoms with Crippen LogP contribution in [0.2, 0.25) is 0 Å². The zero-order valence-corrected chi connectivity index (χ0v) is 20.1. The Labute approximate surface area is 193 Å². The molecule has 10 heteroatoms. The zero-order valence-electron chi connectivity index (χ0n) is 19.3. The van der Waals surface area contributed by atoms with E-state index < -0.39 is 37.8 Å². The van der Waals surface area contributed by atoms with Crippen molar-refractivity contribution >= 4 is 27.5 Å². The van der Waals surface area contributed by atoms with E-state index in [1.54, 1.807) is 65.8 Å². The first kappa shape index (κ1) is 25.8. The van der Waals surface area contributed by atoms with E-state index in [-0.39, 0.29) is 10.5 Å². The van der Waals surface area contributed by atoms with Crippen molar-refractivity contribution in [1.29, 1.82) is 0 Å². The molecule has 9 nitrogen and oxygen atoms in total. The Kier molecular flexibility index (Phi) is 7.21. The van der Waals surface area contributed by atoms with Gasteiger partial charge in [0.1, 0.15) is 0 Å². The van der Waals surface area contributed by atoms with Crippen molar-refractivity contribution in [3.8, 4) is 11.8 Å². The number of amides is 1. The number of hydrogen-bond donors (Lipinski definition) is 2. The van der Waals surface area contributed by atoms with Crippen LogP contribution in [0.25, 0.3) is 0 Å². The van der Waals surface area contributed by atoms with Gasteiger partial charge >= 0.3 is 6.09 Å². The van der Waals surface area contributed by atoms with Crippen LogP contribution in [0.5, 0.6) is 0 Å². The predicted octanol–water partition coefficient (Wildman–Crippen LogP) is 4.35. The van der Waals surface area contributed by atoms with Crippen molar-refractivity contribution in [2.75, 3.05) is 4.90 Å². The van der Waals surface area contributed by atoms with Crippen LogP contribution >= 0.6 is 0 Å². The molecule has 2 aromatic carbocycles. The van der Waals surface area contributed by atoms with Crippen molar-refractivity contribution in [2.24, 2.45) is 0 Å². The number of anilines is 1. The maximum absolute atomic E-state index is 12.7. The van der Waals surface area contributed by atoms with E-state index in [1.165, 1.54) is 17.0 Å². The number of nitro groups is 1. The summed E-state index contributed by atoms with van der Waals surface area (Å²) in [7, 11) is -4.02. The fourth-order valence-electron chi connectivity index (χ4n) is 3.03. The molecule has 0 fully saturated rings. The first-order chi connectivity index (χ1) is 15.0. The lowest BCUT2D eigenvalue weighted by Gasteiger charge is -2.33. The normalized spacial score (nSPS) is 11.9. The molecule has 1 amide bonds. The van der Waals surface area contributed by atoms with Crippen LogP contribution in [-0.2, 0) is 10.0 Å². The lowest BCUT2D eigenvalue weighted by Crippen LogP contribution is -2.45. The Bertz CT molecular complexity index is 1250. The third kappa shape index (κ3) is 7.03. The van der Waals surface area contributed by atoms with Gasteiger partial charge in [-0.15, -0.1) is 0 Å². The third-order valence-electron chi connectivity index (χ3n) is 4.17. The summed E-state index contributed by atoms with van der Waals surface area (Å²) >= 11 is 0. The first-order valence-electron chi connectivity index (χ1n) is 9.98. The van der Waals surface area contributed by atoms with E-state index in [0.717, 1.165) is 6.07 Å². The molecular formula is C23H27N3O6S. The average Bonchev–Trinajstić information content (AvgIpc) is 2.63. The Balaban J connectivity index is 2.54. The lowest BCUT2D eigenvalue weighted by atomic mass is 10.0. The molecule has 0 aliphatic carbocycles. The predicted molar refractivity (Wildman–Crippen MR) is 126 cm³/mol. The third-order valence-corrected chi connectivity index (χ3v) is 5.91. The highest BCUT2D eigenvalue weighted by molar-refractivity contribution is 7.89. The minimum atomic E-state index is -4.02. The number of nitro benzene ring substituents is 1. The summed E-state index contributed by atoms with van der Waals surface area (Å²) in [6, 6.07) is 9.96. The molecule has 0 radical (unpaired) electrons. The minimum Gasteiger partial charge on any atom is -0.465 e. The molecule has 2 rings (SSSR count). The molecule has 0 unspecified atom stereocenters. The summed E-state index contributed by atoms with van der Waals surface area (Å²) < 4.78 is 27.8. The number of carboxylic acid groups (broad SMARTS) is 1. The second-order valence-corrected chi connectivity index (χ2v) is 11.1. The van der Waals surface area contributed by atoms with E-state index in [1.807, 2.05) is 0 Å². The Hall–Kier alpha value is -3.42. The molecule has 0 spiro atoms. The van der Waals surface area contributed by atoms with Crippen molar-refractivity contribution in [1.82, 2.24) is 4.72 Å². The average molecular weight is 474 g/mol. The zero-order chi connectivity index (χ0) is 25.2. The van der Waals surface area contributed by atoms with Gasteiger partial charge in [0.05, 0.1) is 9.82 Å². The molecular weight excluding hydrogens is 446 g/mol. The highest BCUT2D eigenvalue weighted by Crippen LogP contribution is 2.25. The fraction of sp³-hybridized carbons (Fsp3) is 0.348. The van der Waals surface area contributed by atoms with Crippen LogP contribution in [0.3, 0.4) is 0 Å². The molecule has 0 saturated heterocycles. The van der Waals surface area contributed by atoms with Crippen LogP contribution in [0.4, 0.5) is 16.2 Å². The van der Waals surface area contributed by atoms with Crippen LogP contribution in [-0.4, -0.2) is 35.6 Å². The van der Waals surface area contributed by atoms with Gasteiger partial charge < -0.3 is 5.11 Å². The van der Waals surface area contributed by atoms with E-state index >= 15 is 0 Å². The second kappa shape index (κ2) is 9.21. The molecule has 33 heavy (non-hydrogen) atoms. The molecule has 0 atom stereocenters. The maximum Gasteiger partial charge on any atom is 0.412 e. The number of carbonyl (C=O) groups is 1. The molecule has 0 aromatic heterocycles. The van der Waals surface area contributed by atoms with Gasteiger partial charge in [0, 0.05) is 40.0 Å². The van der Waals surface area contributed by atoms with Crippen LogP contribution in [0.1, 0.15) is 52.7 Å². The largest absolute Gasteiger partial charge is 0.465 e. The molecule has 0 aliphatic rings. The second-order valence-electron chi connectivity index (χ2n) is 9.42. The van der Waals surface area contributed by atoms with Crippen molar-refractivity contribution in [3.63, 3.8) is 0 Å². The standard InChI is InChI=1S/C23H27N3O6S/c1-22(2,3)24-33(31,32)20-14-17(13-19(15-20)26(29)30)11-10-16-8-7-9-18(12-16)25(21(27)28)23(4,5)6/h7-9,12-15,24H,1-6H3,(H,27,28). The summed E-state index contributed by atoms with van der Waals surface area (Å²) in [6.07, 6.45) is -1.12. The molecule has 176 valence electrons. The van der Waals surface area contributed by atoms with Crippen LogP contribution in [0, 0.1) is 22.0 Å².